The Balaban J connectivity index is 2.20. The predicted octanol–water partition coefficient (Wildman–Crippen LogP) is 3.20. The maximum absolute atomic E-state index is 3.60. The minimum atomic E-state index is 0.285. The van der Waals surface area contributed by atoms with Gasteiger partial charge in [-0.2, -0.15) is 0 Å². The van der Waals surface area contributed by atoms with Crippen molar-refractivity contribution in [1.82, 2.24) is 5.32 Å². The fourth-order valence-electron chi connectivity index (χ4n) is 2.16. The molecule has 1 rings (SSSR count). The van der Waals surface area contributed by atoms with E-state index in [2.05, 4.69) is 33.0 Å². The summed E-state index contributed by atoms with van der Waals surface area (Å²) in [6.07, 6.45) is 5.86. The normalized spacial score (nSPS) is 22.2. The van der Waals surface area contributed by atoms with Gasteiger partial charge >= 0.3 is 0 Å². The summed E-state index contributed by atoms with van der Waals surface area (Å²) in [7, 11) is 0. The van der Waals surface area contributed by atoms with E-state index in [0.29, 0.717) is 0 Å². The summed E-state index contributed by atoms with van der Waals surface area (Å²) in [6, 6.07) is 0. The average molecular weight is 183 g/mol. The van der Waals surface area contributed by atoms with E-state index in [1.807, 2.05) is 0 Å². The third kappa shape index (κ3) is 4.12. The van der Waals surface area contributed by atoms with Crippen LogP contribution in [0.25, 0.3) is 0 Å². The maximum Gasteiger partial charge on any atom is 0.00966 e. The monoisotopic (exact) mass is 183 g/mol. The Labute approximate surface area is 83.3 Å². The molecule has 1 N–H and O–H groups in total. The predicted molar refractivity (Wildman–Crippen MR) is 58.9 cm³/mol. The first-order valence-electron chi connectivity index (χ1n) is 5.74. The quantitative estimate of drug-likeness (QED) is 0.708. The molecule has 0 aromatic rings. The van der Waals surface area contributed by atoms with Crippen LogP contribution in [0.5, 0.6) is 0 Å². The SMILES string of the molecule is CC(CNC(C)(C)C)C1CCCC1. The van der Waals surface area contributed by atoms with Gasteiger partial charge in [0.2, 0.25) is 0 Å². The van der Waals surface area contributed by atoms with Crippen molar-refractivity contribution in [3.8, 4) is 0 Å². The van der Waals surface area contributed by atoms with E-state index in [1.165, 1.54) is 32.2 Å². The Morgan fingerprint density at radius 2 is 1.77 bits per heavy atom. The zero-order chi connectivity index (χ0) is 9.90. The van der Waals surface area contributed by atoms with Crippen LogP contribution in [0.15, 0.2) is 0 Å². The lowest BCUT2D eigenvalue weighted by Crippen LogP contribution is -2.39. The number of hydrogen-bond acceptors (Lipinski definition) is 1. The van der Waals surface area contributed by atoms with Crippen molar-refractivity contribution >= 4 is 0 Å². The standard InChI is InChI=1S/C12H25N/c1-10(9-13-12(2,3)4)11-7-5-6-8-11/h10-11,13H,5-9H2,1-4H3. The lowest BCUT2D eigenvalue weighted by molar-refractivity contribution is 0.307. The molecule has 0 heterocycles. The highest BCUT2D eigenvalue weighted by molar-refractivity contribution is 4.77. The molecule has 0 spiro atoms. The molecular formula is C12H25N. The highest BCUT2D eigenvalue weighted by Crippen LogP contribution is 2.30. The van der Waals surface area contributed by atoms with Gasteiger partial charge in [0.1, 0.15) is 0 Å². The molecular weight excluding hydrogens is 158 g/mol. The molecule has 0 aliphatic heterocycles. The van der Waals surface area contributed by atoms with E-state index in [-0.39, 0.29) is 5.54 Å². The molecule has 0 aromatic carbocycles. The van der Waals surface area contributed by atoms with Crippen LogP contribution in [0, 0.1) is 11.8 Å². The third-order valence-corrected chi connectivity index (χ3v) is 3.16. The van der Waals surface area contributed by atoms with Gasteiger partial charge in [0.25, 0.3) is 0 Å². The Hall–Kier alpha value is -0.0400. The Morgan fingerprint density at radius 3 is 2.23 bits per heavy atom. The van der Waals surface area contributed by atoms with Crippen LogP contribution in [0.4, 0.5) is 0 Å². The van der Waals surface area contributed by atoms with E-state index in [9.17, 15) is 0 Å². The molecule has 1 saturated carbocycles. The first kappa shape index (κ1) is 11.0. The van der Waals surface area contributed by atoms with Gasteiger partial charge in [-0.25, -0.2) is 0 Å². The second kappa shape index (κ2) is 4.45. The van der Waals surface area contributed by atoms with E-state index in [4.69, 9.17) is 0 Å². The first-order chi connectivity index (χ1) is 5.99. The van der Waals surface area contributed by atoms with Gasteiger partial charge in [-0.05, 0) is 39.2 Å². The number of hydrogen-bond donors (Lipinski definition) is 1. The van der Waals surface area contributed by atoms with Crippen molar-refractivity contribution in [1.29, 1.82) is 0 Å². The summed E-state index contributed by atoms with van der Waals surface area (Å²) < 4.78 is 0. The van der Waals surface area contributed by atoms with Crippen LogP contribution in [0.3, 0.4) is 0 Å². The topological polar surface area (TPSA) is 12.0 Å². The summed E-state index contributed by atoms with van der Waals surface area (Å²) >= 11 is 0. The van der Waals surface area contributed by atoms with Gasteiger partial charge in [-0.3, -0.25) is 0 Å². The van der Waals surface area contributed by atoms with Crippen molar-refractivity contribution in [3.05, 3.63) is 0 Å². The van der Waals surface area contributed by atoms with Crippen molar-refractivity contribution in [3.63, 3.8) is 0 Å². The highest BCUT2D eigenvalue weighted by atomic mass is 14.9. The molecule has 0 amide bonds. The summed E-state index contributed by atoms with van der Waals surface area (Å²) in [4.78, 5) is 0. The third-order valence-electron chi connectivity index (χ3n) is 3.16. The molecule has 1 unspecified atom stereocenters. The van der Waals surface area contributed by atoms with Crippen molar-refractivity contribution < 1.29 is 0 Å². The summed E-state index contributed by atoms with van der Waals surface area (Å²) in [5, 5.41) is 3.60. The molecule has 0 bridgehead atoms. The van der Waals surface area contributed by atoms with Crippen LogP contribution >= 0.6 is 0 Å². The fraction of sp³-hybridized carbons (Fsp3) is 1.00. The van der Waals surface area contributed by atoms with E-state index in [1.54, 1.807) is 0 Å². The van der Waals surface area contributed by atoms with Crippen LogP contribution in [-0.4, -0.2) is 12.1 Å². The van der Waals surface area contributed by atoms with E-state index < -0.39 is 0 Å². The zero-order valence-corrected chi connectivity index (χ0v) is 9.69. The van der Waals surface area contributed by atoms with Gasteiger partial charge in [0, 0.05) is 5.54 Å². The largest absolute Gasteiger partial charge is 0.312 e. The molecule has 1 fully saturated rings. The summed E-state index contributed by atoms with van der Waals surface area (Å²) in [5.41, 5.74) is 0.285. The molecule has 1 heteroatoms. The summed E-state index contributed by atoms with van der Waals surface area (Å²) in [5.74, 6) is 1.86. The Kier molecular flexibility index (Phi) is 3.78. The molecule has 0 aromatic heterocycles. The highest BCUT2D eigenvalue weighted by Gasteiger charge is 2.22. The van der Waals surface area contributed by atoms with Gasteiger partial charge in [-0.1, -0.05) is 32.6 Å². The smallest absolute Gasteiger partial charge is 0.00966 e. The lowest BCUT2D eigenvalue weighted by Gasteiger charge is -2.26. The van der Waals surface area contributed by atoms with Crippen LogP contribution < -0.4 is 5.32 Å². The molecule has 1 aliphatic rings. The fourth-order valence-corrected chi connectivity index (χ4v) is 2.16. The van der Waals surface area contributed by atoms with Crippen molar-refractivity contribution in [2.45, 2.75) is 58.9 Å². The molecule has 0 radical (unpaired) electrons. The zero-order valence-electron chi connectivity index (χ0n) is 9.69. The second-order valence-corrected chi connectivity index (χ2v) is 5.65. The second-order valence-electron chi connectivity index (χ2n) is 5.65. The van der Waals surface area contributed by atoms with Gasteiger partial charge < -0.3 is 5.32 Å². The van der Waals surface area contributed by atoms with Crippen molar-refractivity contribution in [2.24, 2.45) is 11.8 Å². The van der Waals surface area contributed by atoms with E-state index in [0.717, 1.165) is 11.8 Å². The van der Waals surface area contributed by atoms with Crippen LogP contribution in [-0.2, 0) is 0 Å². The van der Waals surface area contributed by atoms with Gasteiger partial charge in [0.15, 0.2) is 0 Å². The summed E-state index contributed by atoms with van der Waals surface area (Å²) in [6.45, 7) is 10.3. The van der Waals surface area contributed by atoms with Crippen molar-refractivity contribution in [2.75, 3.05) is 6.54 Å². The van der Waals surface area contributed by atoms with Gasteiger partial charge in [0.05, 0.1) is 0 Å². The van der Waals surface area contributed by atoms with Crippen LogP contribution in [0.2, 0.25) is 0 Å². The molecule has 1 aliphatic carbocycles. The molecule has 78 valence electrons. The molecule has 0 saturated heterocycles. The maximum atomic E-state index is 3.60. The minimum Gasteiger partial charge on any atom is -0.312 e. The van der Waals surface area contributed by atoms with Gasteiger partial charge in [-0.15, -0.1) is 0 Å². The Morgan fingerprint density at radius 1 is 1.23 bits per heavy atom. The molecule has 13 heavy (non-hydrogen) atoms. The number of nitrogens with one attached hydrogen (secondary N) is 1. The molecule has 1 nitrogen and oxygen atoms in total. The lowest BCUT2D eigenvalue weighted by atomic mass is 9.92. The first-order valence-corrected chi connectivity index (χ1v) is 5.74. The average Bonchev–Trinajstić information content (AvgIpc) is 2.50. The Bertz CT molecular complexity index is 140. The van der Waals surface area contributed by atoms with E-state index >= 15 is 0 Å². The van der Waals surface area contributed by atoms with Crippen LogP contribution in [0.1, 0.15) is 53.4 Å². The number of rotatable bonds is 3. The minimum absolute atomic E-state index is 0.285. The molecule has 1 atom stereocenters.